The minimum absolute atomic E-state index is 0.514. The molecule has 0 spiro atoms. The van der Waals surface area contributed by atoms with Gasteiger partial charge in [-0.1, -0.05) is 119 Å². The summed E-state index contributed by atoms with van der Waals surface area (Å²) in [6.45, 7) is 0. The molecule has 2 atom stereocenters. The molecule has 7 heteroatoms. The molecule has 0 saturated carbocycles. The summed E-state index contributed by atoms with van der Waals surface area (Å²) in [5, 5.41) is 0.593. The van der Waals surface area contributed by atoms with E-state index >= 15 is 0 Å². The number of hydrogen-bond donors (Lipinski definition) is 0. The van der Waals surface area contributed by atoms with Crippen molar-refractivity contribution in [1.29, 1.82) is 0 Å². The number of nitrogens with zero attached hydrogens (tertiary/aromatic N) is 2. The van der Waals surface area contributed by atoms with Gasteiger partial charge < -0.3 is 9.80 Å². The monoisotopic (exact) mass is 494 g/mol. The van der Waals surface area contributed by atoms with Crippen molar-refractivity contribution >= 4 is 69.4 Å². The van der Waals surface area contributed by atoms with E-state index < -0.39 is 20.0 Å². The van der Waals surface area contributed by atoms with Crippen LogP contribution in [0.1, 0.15) is 17.5 Å². The summed E-state index contributed by atoms with van der Waals surface area (Å²) in [5.74, 6) is 0. The van der Waals surface area contributed by atoms with Crippen molar-refractivity contribution in [3.05, 3.63) is 95.0 Å². The molecule has 0 aliphatic carbocycles. The highest BCUT2D eigenvalue weighted by atomic mass is 35.5. The molecule has 30 heavy (non-hydrogen) atoms. The van der Waals surface area contributed by atoms with E-state index in [2.05, 4.69) is 12.1 Å². The average Bonchev–Trinajstić information content (AvgIpc) is 3.47. The lowest BCUT2D eigenvalue weighted by molar-refractivity contribution is 0.501. The number of alkyl halides is 4. The second-order valence-corrected chi connectivity index (χ2v) is 11.0. The lowest BCUT2D eigenvalue weighted by atomic mass is 9.83. The van der Waals surface area contributed by atoms with Gasteiger partial charge in [-0.25, -0.2) is 0 Å². The fourth-order valence-electron chi connectivity index (χ4n) is 5.25. The third-order valence-corrected chi connectivity index (χ3v) is 8.82. The van der Waals surface area contributed by atoms with Gasteiger partial charge >= 0.3 is 0 Å². The van der Waals surface area contributed by atoms with E-state index in [4.69, 9.17) is 58.0 Å². The number of benzene rings is 3. The smallest absolute Gasteiger partial charge is 0.219 e. The van der Waals surface area contributed by atoms with E-state index in [0.717, 1.165) is 22.5 Å². The molecule has 3 heterocycles. The fraction of sp³-hybridized carbons (Fsp3) is 0.217. The van der Waals surface area contributed by atoms with Gasteiger partial charge in [0.25, 0.3) is 0 Å². The Hall–Kier alpha value is -1.29. The molecular formula is C23H15Cl5N2. The maximum absolute atomic E-state index is 7.03. The highest BCUT2D eigenvalue weighted by Gasteiger charge is 2.87. The molecule has 3 aliphatic heterocycles. The quantitative estimate of drug-likeness (QED) is 0.207. The van der Waals surface area contributed by atoms with Crippen molar-refractivity contribution in [2.45, 2.75) is 26.4 Å². The number of fused-ring (bicyclic) bond motifs is 5. The first-order valence-electron chi connectivity index (χ1n) is 9.55. The standard InChI is InChI=1S/C23H15Cl5N2/c24-17-11-12-18-19(13-17)30-21(23(30,27)28,16-9-5-2-6-10-16)14-20(22(25,26)29(18)20)15-7-3-1-4-8-15/h1-13H,14H2/t20-,21-,29?,30?/m1/s1. The van der Waals surface area contributed by atoms with E-state index in [-0.39, 0.29) is 0 Å². The fourth-order valence-corrected chi connectivity index (χ4v) is 7.23. The topological polar surface area (TPSA) is 6.02 Å². The minimum atomic E-state index is -1.17. The zero-order valence-electron chi connectivity index (χ0n) is 15.5. The average molecular weight is 497 g/mol. The number of halogens is 5. The summed E-state index contributed by atoms with van der Waals surface area (Å²) >= 11 is 34.5. The van der Waals surface area contributed by atoms with E-state index in [1.807, 2.05) is 76.5 Å². The van der Waals surface area contributed by atoms with E-state index in [1.165, 1.54) is 0 Å². The summed E-state index contributed by atoms with van der Waals surface area (Å²) in [4.78, 5) is 4.07. The summed E-state index contributed by atoms with van der Waals surface area (Å²) in [7, 11) is 0. The Balaban J connectivity index is 1.68. The van der Waals surface area contributed by atoms with Crippen LogP contribution in [-0.2, 0) is 11.1 Å². The Morgan fingerprint density at radius 1 is 0.600 bits per heavy atom. The molecule has 0 aromatic heterocycles. The van der Waals surface area contributed by atoms with Crippen LogP contribution in [0.25, 0.3) is 0 Å². The number of hydrogen-bond acceptors (Lipinski definition) is 2. The molecule has 152 valence electrons. The van der Waals surface area contributed by atoms with Crippen LogP contribution in [0.3, 0.4) is 0 Å². The Morgan fingerprint density at radius 2 is 1.07 bits per heavy atom. The predicted octanol–water partition coefficient (Wildman–Crippen LogP) is 7.44. The highest BCUT2D eigenvalue weighted by molar-refractivity contribution is 6.56. The predicted molar refractivity (Wildman–Crippen MR) is 126 cm³/mol. The summed E-state index contributed by atoms with van der Waals surface area (Å²) < 4.78 is -2.33. The lowest BCUT2D eigenvalue weighted by Crippen LogP contribution is -2.29. The third-order valence-electron chi connectivity index (χ3n) is 6.65. The molecule has 0 amide bonds. The van der Waals surface area contributed by atoms with Crippen LogP contribution in [0, 0.1) is 0 Å². The molecule has 6 rings (SSSR count). The molecule has 2 fully saturated rings. The maximum atomic E-state index is 7.03. The first-order valence-corrected chi connectivity index (χ1v) is 11.4. The van der Waals surface area contributed by atoms with Crippen LogP contribution < -0.4 is 9.80 Å². The zero-order valence-corrected chi connectivity index (χ0v) is 19.3. The van der Waals surface area contributed by atoms with Gasteiger partial charge in [0.15, 0.2) is 0 Å². The number of rotatable bonds is 2. The largest absolute Gasteiger partial charge is 0.321 e. The molecule has 3 aromatic carbocycles. The highest BCUT2D eigenvalue weighted by Crippen LogP contribution is 2.80. The van der Waals surface area contributed by atoms with Crippen LogP contribution in [0.4, 0.5) is 11.4 Å². The Kier molecular flexibility index (Phi) is 3.84. The van der Waals surface area contributed by atoms with E-state index in [9.17, 15) is 0 Å². The Morgan fingerprint density at radius 3 is 1.57 bits per heavy atom. The molecule has 3 aromatic rings. The SMILES string of the molecule is Clc1ccc2c(c1)N1C(Cl)(Cl)[C@]1(c1ccccc1)C[C@]1(c3ccccc3)N2C1(Cl)Cl. The molecule has 3 aliphatic rings. The van der Waals surface area contributed by atoms with Crippen molar-refractivity contribution < 1.29 is 0 Å². The van der Waals surface area contributed by atoms with Crippen LogP contribution >= 0.6 is 58.0 Å². The molecule has 2 saturated heterocycles. The van der Waals surface area contributed by atoms with Crippen molar-refractivity contribution in [2.24, 2.45) is 0 Å². The molecule has 2 nitrogen and oxygen atoms in total. The maximum Gasteiger partial charge on any atom is 0.219 e. The van der Waals surface area contributed by atoms with Crippen LogP contribution in [0.15, 0.2) is 78.9 Å². The van der Waals surface area contributed by atoms with Gasteiger partial charge in [0.1, 0.15) is 11.1 Å². The van der Waals surface area contributed by atoms with Gasteiger partial charge in [0.2, 0.25) is 8.91 Å². The summed E-state index contributed by atoms with van der Waals surface area (Å²) in [6, 6.07) is 25.8. The van der Waals surface area contributed by atoms with Gasteiger partial charge in [0.05, 0.1) is 11.4 Å². The first kappa shape index (κ1) is 19.4. The Labute approximate surface area is 199 Å². The van der Waals surface area contributed by atoms with E-state index in [0.29, 0.717) is 11.4 Å². The van der Waals surface area contributed by atoms with Crippen molar-refractivity contribution in [3.63, 3.8) is 0 Å². The van der Waals surface area contributed by atoms with Crippen molar-refractivity contribution in [3.8, 4) is 0 Å². The first-order chi connectivity index (χ1) is 14.3. The summed E-state index contributed by atoms with van der Waals surface area (Å²) in [6.07, 6.45) is 0.514. The molecular weight excluding hydrogens is 482 g/mol. The van der Waals surface area contributed by atoms with Gasteiger partial charge in [-0.05, 0) is 29.3 Å². The van der Waals surface area contributed by atoms with E-state index in [1.54, 1.807) is 0 Å². The van der Waals surface area contributed by atoms with Crippen LogP contribution in [-0.4, -0.2) is 8.91 Å². The normalized spacial score (nSPS) is 29.4. The molecule has 0 bridgehead atoms. The van der Waals surface area contributed by atoms with Crippen LogP contribution in [0.2, 0.25) is 5.02 Å². The zero-order chi connectivity index (χ0) is 20.9. The van der Waals surface area contributed by atoms with Crippen LogP contribution in [0.5, 0.6) is 0 Å². The molecule has 0 unspecified atom stereocenters. The van der Waals surface area contributed by atoms with Gasteiger partial charge in [-0.15, -0.1) is 0 Å². The molecule has 0 radical (unpaired) electrons. The second kappa shape index (κ2) is 5.94. The Bertz CT molecular complexity index is 1170. The minimum Gasteiger partial charge on any atom is -0.321 e. The second-order valence-electron chi connectivity index (χ2n) is 8.02. The van der Waals surface area contributed by atoms with Gasteiger partial charge in [-0.3, -0.25) is 0 Å². The molecule has 0 N–H and O–H groups in total. The third kappa shape index (κ3) is 2.10. The van der Waals surface area contributed by atoms with Gasteiger partial charge in [0, 0.05) is 11.4 Å². The summed E-state index contributed by atoms with van der Waals surface area (Å²) in [5.41, 5.74) is 2.29. The lowest BCUT2D eigenvalue weighted by Gasteiger charge is -2.24. The number of anilines is 2. The van der Waals surface area contributed by atoms with Crippen molar-refractivity contribution in [2.75, 3.05) is 9.80 Å². The van der Waals surface area contributed by atoms with Gasteiger partial charge in [-0.2, -0.15) is 0 Å². The van der Waals surface area contributed by atoms with Crippen molar-refractivity contribution in [1.82, 2.24) is 0 Å².